The number of nitrogens with two attached hydrogens (primary N) is 1. The summed E-state index contributed by atoms with van der Waals surface area (Å²) in [5.74, 6) is -1.41. The van der Waals surface area contributed by atoms with Crippen molar-refractivity contribution in [1.29, 1.82) is 0 Å². The summed E-state index contributed by atoms with van der Waals surface area (Å²) < 4.78 is 0. The predicted octanol–water partition coefficient (Wildman–Crippen LogP) is -1.18. The number of carbonyl (C=O) groups is 3. The molecule has 0 spiro atoms. The highest BCUT2D eigenvalue weighted by Gasteiger charge is 2.35. The highest BCUT2D eigenvalue weighted by molar-refractivity contribution is 8.16. The highest BCUT2D eigenvalue weighted by Crippen LogP contribution is 2.17. The Labute approximate surface area is 60.3 Å². The SMILES string of the molecule is NC(=O)C1SC(=O)NC1=O. The Hall–Kier alpha value is -1.04. The van der Waals surface area contributed by atoms with E-state index in [9.17, 15) is 14.4 Å². The molecule has 0 aromatic rings. The molecule has 5 nitrogen and oxygen atoms in total. The molecule has 0 aromatic heterocycles. The number of rotatable bonds is 1. The molecule has 3 amide bonds. The van der Waals surface area contributed by atoms with Gasteiger partial charge in [-0.3, -0.25) is 19.7 Å². The van der Waals surface area contributed by atoms with E-state index >= 15 is 0 Å². The molecule has 1 rings (SSSR count). The minimum absolute atomic E-state index is 0.520. The second-order valence-electron chi connectivity index (χ2n) is 1.68. The highest BCUT2D eigenvalue weighted by atomic mass is 32.2. The Kier molecular flexibility index (Phi) is 1.62. The zero-order valence-corrected chi connectivity index (χ0v) is 5.60. The predicted molar refractivity (Wildman–Crippen MR) is 34.1 cm³/mol. The summed E-state index contributed by atoms with van der Waals surface area (Å²) in [5.41, 5.74) is 4.78. The molecule has 0 bridgehead atoms. The minimum atomic E-state index is -1.03. The number of thioether (sulfide) groups is 1. The van der Waals surface area contributed by atoms with Crippen LogP contribution in [0.25, 0.3) is 0 Å². The molecule has 3 N–H and O–H groups in total. The smallest absolute Gasteiger partial charge is 0.286 e. The van der Waals surface area contributed by atoms with Crippen LogP contribution < -0.4 is 11.1 Å². The van der Waals surface area contributed by atoms with Gasteiger partial charge in [0.15, 0.2) is 5.25 Å². The first-order valence-electron chi connectivity index (χ1n) is 2.42. The summed E-state index contributed by atoms with van der Waals surface area (Å²) in [7, 11) is 0. The van der Waals surface area contributed by atoms with Crippen molar-refractivity contribution in [3.63, 3.8) is 0 Å². The van der Waals surface area contributed by atoms with Gasteiger partial charge < -0.3 is 5.73 Å². The molecule has 1 fully saturated rings. The maximum Gasteiger partial charge on any atom is 0.286 e. The lowest BCUT2D eigenvalue weighted by atomic mass is 10.4. The van der Waals surface area contributed by atoms with Crippen molar-refractivity contribution in [3.05, 3.63) is 0 Å². The number of nitrogens with one attached hydrogen (secondary N) is 1. The molecule has 1 atom stereocenters. The maximum absolute atomic E-state index is 10.6. The molecule has 0 radical (unpaired) electrons. The van der Waals surface area contributed by atoms with Gasteiger partial charge in [-0.25, -0.2) is 0 Å². The maximum atomic E-state index is 10.6. The number of imide groups is 1. The zero-order chi connectivity index (χ0) is 7.72. The minimum Gasteiger partial charge on any atom is -0.368 e. The summed E-state index contributed by atoms with van der Waals surface area (Å²) in [6.07, 6.45) is 0. The van der Waals surface area contributed by atoms with Crippen LogP contribution in [0.3, 0.4) is 0 Å². The molecule has 6 heteroatoms. The lowest BCUT2D eigenvalue weighted by molar-refractivity contribution is -0.125. The Bertz CT molecular complexity index is 215. The van der Waals surface area contributed by atoms with Crippen molar-refractivity contribution < 1.29 is 14.4 Å². The molecule has 1 aliphatic rings. The van der Waals surface area contributed by atoms with Gasteiger partial charge in [-0.05, 0) is 11.8 Å². The van der Waals surface area contributed by atoms with Crippen molar-refractivity contribution >= 4 is 28.8 Å². The van der Waals surface area contributed by atoms with Gasteiger partial charge in [0.05, 0.1) is 0 Å². The van der Waals surface area contributed by atoms with Crippen molar-refractivity contribution in [2.45, 2.75) is 5.25 Å². The van der Waals surface area contributed by atoms with Gasteiger partial charge in [0.1, 0.15) is 0 Å². The molecule has 1 unspecified atom stereocenters. The van der Waals surface area contributed by atoms with E-state index in [1.807, 2.05) is 5.32 Å². The second kappa shape index (κ2) is 2.30. The third kappa shape index (κ3) is 1.10. The average Bonchev–Trinajstić information content (AvgIpc) is 2.10. The Balaban J connectivity index is 2.72. The van der Waals surface area contributed by atoms with Crippen LogP contribution in [-0.2, 0) is 9.59 Å². The lowest BCUT2D eigenvalue weighted by Crippen LogP contribution is -2.34. The zero-order valence-electron chi connectivity index (χ0n) is 4.79. The summed E-state index contributed by atoms with van der Waals surface area (Å²) in [5, 5.41) is 0.378. The van der Waals surface area contributed by atoms with Crippen molar-refractivity contribution in [3.8, 4) is 0 Å². The van der Waals surface area contributed by atoms with Crippen molar-refractivity contribution in [2.24, 2.45) is 5.73 Å². The van der Waals surface area contributed by atoms with E-state index in [-0.39, 0.29) is 0 Å². The number of hydrogen-bond donors (Lipinski definition) is 2. The van der Waals surface area contributed by atoms with Gasteiger partial charge in [-0.15, -0.1) is 0 Å². The summed E-state index contributed by atoms with van der Waals surface area (Å²) in [6, 6.07) is 0. The van der Waals surface area contributed by atoms with E-state index in [2.05, 4.69) is 0 Å². The number of hydrogen-bond acceptors (Lipinski definition) is 4. The van der Waals surface area contributed by atoms with E-state index in [0.29, 0.717) is 11.8 Å². The van der Waals surface area contributed by atoms with Gasteiger partial charge in [0.2, 0.25) is 11.8 Å². The topological polar surface area (TPSA) is 89.3 Å². The fourth-order valence-corrected chi connectivity index (χ4v) is 1.20. The van der Waals surface area contributed by atoms with Crippen LogP contribution in [0.5, 0.6) is 0 Å². The first-order chi connectivity index (χ1) is 4.61. The molecule has 10 heavy (non-hydrogen) atoms. The van der Waals surface area contributed by atoms with Gasteiger partial charge in [0.25, 0.3) is 5.24 Å². The molecule has 0 saturated carbocycles. The van der Waals surface area contributed by atoms with E-state index < -0.39 is 22.3 Å². The standard InChI is InChI=1S/C4H4N2O3S/c5-2(7)1-3(8)6-4(9)10-1/h1H,(H2,5,7)(H,6,8,9). The van der Waals surface area contributed by atoms with Crippen LogP contribution in [0.2, 0.25) is 0 Å². The van der Waals surface area contributed by atoms with Crippen LogP contribution in [0, 0.1) is 0 Å². The number of carbonyl (C=O) groups excluding carboxylic acids is 3. The molecule has 0 aromatic carbocycles. The molecule has 1 aliphatic heterocycles. The van der Waals surface area contributed by atoms with Gasteiger partial charge >= 0.3 is 0 Å². The van der Waals surface area contributed by atoms with Gasteiger partial charge in [-0.2, -0.15) is 0 Å². The second-order valence-corrected chi connectivity index (χ2v) is 2.75. The Morgan fingerprint density at radius 1 is 1.60 bits per heavy atom. The average molecular weight is 160 g/mol. The molecular formula is C4H4N2O3S. The molecule has 1 heterocycles. The van der Waals surface area contributed by atoms with Crippen LogP contribution in [0.4, 0.5) is 4.79 Å². The van der Waals surface area contributed by atoms with Crippen molar-refractivity contribution in [1.82, 2.24) is 5.32 Å². The first kappa shape index (κ1) is 7.07. The van der Waals surface area contributed by atoms with Crippen LogP contribution in [-0.4, -0.2) is 22.3 Å². The largest absolute Gasteiger partial charge is 0.368 e. The third-order valence-electron chi connectivity index (χ3n) is 0.947. The van der Waals surface area contributed by atoms with Gasteiger partial charge in [0, 0.05) is 0 Å². The summed E-state index contributed by atoms with van der Waals surface area (Å²) in [4.78, 5) is 31.3. The van der Waals surface area contributed by atoms with Crippen LogP contribution in [0.15, 0.2) is 0 Å². The first-order valence-corrected chi connectivity index (χ1v) is 3.30. The van der Waals surface area contributed by atoms with E-state index in [1.54, 1.807) is 0 Å². The Morgan fingerprint density at radius 2 is 2.20 bits per heavy atom. The van der Waals surface area contributed by atoms with E-state index in [1.165, 1.54) is 0 Å². The molecule has 1 saturated heterocycles. The molecular weight excluding hydrogens is 156 g/mol. The van der Waals surface area contributed by atoms with E-state index in [4.69, 9.17) is 5.73 Å². The fraction of sp³-hybridized carbons (Fsp3) is 0.250. The summed E-state index contributed by atoms with van der Waals surface area (Å²) >= 11 is 0.608. The monoisotopic (exact) mass is 160 g/mol. The third-order valence-corrected chi connectivity index (χ3v) is 1.94. The quantitative estimate of drug-likeness (QED) is 0.472. The number of amides is 3. The normalized spacial score (nSPS) is 24.6. The molecule has 54 valence electrons. The van der Waals surface area contributed by atoms with Gasteiger partial charge in [-0.1, -0.05) is 0 Å². The van der Waals surface area contributed by atoms with Crippen LogP contribution >= 0.6 is 11.8 Å². The molecule has 0 aliphatic carbocycles. The number of primary amides is 1. The van der Waals surface area contributed by atoms with E-state index in [0.717, 1.165) is 0 Å². The van der Waals surface area contributed by atoms with Crippen molar-refractivity contribution in [2.75, 3.05) is 0 Å². The fourth-order valence-electron chi connectivity index (χ4n) is 0.543. The Morgan fingerprint density at radius 3 is 2.40 bits per heavy atom. The lowest BCUT2D eigenvalue weighted by Gasteiger charge is -1.94. The van der Waals surface area contributed by atoms with Crippen LogP contribution in [0.1, 0.15) is 0 Å². The summed E-state index contributed by atoms with van der Waals surface area (Å²) in [6.45, 7) is 0.